The van der Waals surface area contributed by atoms with Gasteiger partial charge in [-0.1, -0.05) is 13.0 Å². The van der Waals surface area contributed by atoms with Crippen molar-refractivity contribution < 1.29 is 9.90 Å². The third kappa shape index (κ3) is 3.31. The molecule has 0 aliphatic carbocycles. The van der Waals surface area contributed by atoms with E-state index in [1.807, 2.05) is 37.1 Å². The van der Waals surface area contributed by atoms with Gasteiger partial charge in [0.15, 0.2) is 0 Å². The number of nitrogens with zero attached hydrogens (tertiary/aromatic N) is 2. The molecule has 0 fully saturated rings. The maximum Gasteiger partial charge on any atom is 0.307 e. The summed E-state index contributed by atoms with van der Waals surface area (Å²) in [5, 5.41) is 8.93. The van der Waals surface area contributed by atoms with E-state index in [1.54, 1.807) is 13.1 Å². The summed E-state index contributed by atoms with van der Waals surface area (Å²) >= 11 is 0. The molecular formula is C12H18N2O2. The largest absolute Gasteiger partial charge is 0.481 e. The summed E-state index contributed by atoms with van der Waals surface area (Å²) in [4.78, 5) is 17.1. The van der Waals surface area contributed by atoms with Gasteiger partial charge in [0.05, 0.1) is 11.6 Å². The van der Waals surface area contributed by atoms with Gasteiger partial charge in [-0.25, -0.2) is 0 Å². The van der Waals surface area contributed by atoms with Gasteiger partial charge in [0, 0.05) is 18.8 Å². The molecule has 0 aliphatic heterocycles. The second-order valence-electron chi connectivity index (χ2n) is 4.10. The molecule has 0 radical (unpaired) electrons. The molecule has 0 aromatic carbocycles. The van der Waals surface area contributed by atoms with Crippen molar-refractivity contribution >= 4 is 5.97 Å². The third-order valence-corrected chi connectivity index (χ3v) is 2.95. The predicted molar refractivity (Wildman–Crippen MR) is 62.0 cm³/mol. The van der Waals surface area contributed by atoms with Gasteiger partial charge in [0.25, 0.3) is 0 Å². The molecule has 1 N–H and O–H groups in total. The Morgan fingerprint density at radius 2 is 2.19 bits per heavy atom. The molecule has 4 nitrogen and oxygen atoms in total. The van der Waals surface area contributed by atoms with Crippen LogP contribution in [0.5, 0.6) is 0 Å². The van der Waals surface area contributed by atoms with Gasteiger partial charge in [0.2, 0.25) is 0 Å². The van der Waals surface area contributed by atoms with Crippen molar-refractivity contribution in [2.45, 2.75) is 26.4 Å². The van der Waals surface area contributed by atoms with E-state index in [-0.39, 0.29) is 12.0 Å². The van der Waals surface area contributed by atoms with Crippen molar-refractivity contribution in [1.29, 1.82) is 0 Å². The Morgan fingerprint density at radius 3 is 2.69 bits per heavy atom. The first-order valence-corrected chi connectivity index (χ1v) is 5.35. The molecule has 1 aromatic heterocycles. The van der Waals surface area contributed by atoms with Crippen molar-refractivity contribution in [2.24, 2.45) is 5.92 Å². The van der Waals surface area contributed by atoms with Crippen molar-refractivity contribution in [2.75, 3.05) is 7.05 Å². The van der Waals surface area contributed by atoms with Crippen LogP contribution < -0.4 is 0 Å². The minimum absolute atomic E-state index is 0.0143. The Kier molecular flexibility index (Phi) is 4.43. The van der Waals surface area contributed by atoms with Crippen molar-refractivity contribution in [3.05, 3.63) is 30.1 Å². The summed E-state index contributed by atoms with van der Waals surface area (Å²) in [6.07, 6.45) is 1.74. The molecule has 0 spiro atoms. The summed E-state index contributed by atoms with van der Waals surface area (Å²) in [7, 11) is 1.92. The van der Waals surface area contributed by atoms with Crippen LogP contribution in [0.2, 0.25) is 0 Å². The van der Waals surface area contributed by atoms with Crippen LogP contribution >= 0.6 is 0 Å². The quantitative estimate of drug-likeness (QED) is 0.822. The molecule has 0 amide bonds. The molecule has 88 valence electrons. The van der Waals surface area contributed by atoms with Gasteiger partial charge in [-0.2, -0.15) is 0 Å². The maximum atomic E-state index is 10.9. The van der Waals surface area contributed by atoms with Crippen molar-refractivity contribution in [3.8, 4) is 0 Å². The molecule has 1 rings (SSSR count). The second kappa shape index (κ2) is 5.61. The average molecular weight is 222 g/mol. The van der Waals surface area contributed by atoms with Gasteiger partial charge < -0.3 is 5.11 Å². The summed E-state index contributed by atoms with van der Waals surface area (Å²) in [6, 6.07) is 5.72. The van der Waals surface area contributed by atoms with Crippen molar-refractivity contribution in [1.82, 2.24) is 9.88 Å². The Balaban J connectivity index is 2.58. The van der Waals surface area contributed by atoms with Crippen LogP contribution in [0.1, 0.15) is 19.5 Å². The summed E-state index contributed by atoms with van der Waals surface area (Å²) in [5.41, 5.74) is 0.953. The number of hydrogen-bond acceptors (Lipinski definition) is 3. The minimum Gasteiger partial charge on any atom is -0.481 e. The fraction of sp³-hybridized carbons (Fsp3) is 0.500. The molecule has 16 heavy (non-hydrogen) atoms. The van der Waals surface area contributed by atoms with E-state index in [1.165, 1.54) is 0 Å². The van der Waals surface area contributed by atoms with Gasteiger partial charge in [-0.3, -0.25) is 14.7 Å². The Bertz CT molecular complexity index is 340. The smallest absolute Gasteiger partial charge is 0.307 e. The zero-order chi connectivity index (χ0) is 12.1. The fourth-order valence-corrected chi connectivity index (χ4v) is 1.48. The van der Waals surface area contributed by atoms with E-state index in [0.717, 1.165) is 5.69 Å². The lowest BCUT2D eigenvalue weighted by molar-refractivity contribution is -0.143. The van der Waals surface area contributed by atoms with Gasteiger partial charge in [-0.15, -0.1) is 0 Å². The summed E-state index contributed by atoms with van der Waals surface area (Å²) in [6.45, 7) is 4.31. The number of aliphatic carboxylic acids is 1. The minimum atomic E-state index is -0.764. The molecule has 1 heterocycles. The number of aromatic nitrogens is 1. The zero-order valence-corrected chi connectivity index (χ0v) is 9.92. The third-order valence-electron chi connectivity index (χ3n) is 2.95. The lowest BCUT2D eigenvalue weighted by Gasteiger charge is -2.27. The van der Waals surface area contributed by atoms with E-state index in [9.17, 15) is 4.79 Å². The van der Waals surface area contributed by atoms with Crippen LogP contribution in [0.3, 0.4) is 0 Å². The molecule has 2 atom stereocenters. The molecular weight excluding hydrogens is 204 g/mol. The lowest BCUT2D eigenvalue weighted by atomic mass is 10.0. The highest BCUT2D eigenvalue weighted by Gasteiger charge is 2.22. The molecule has 0 aliphatic rings. The summed E-state index contributed by atoms with van der Waals surface area (Å²) in [5.74, 6) is -1.14. The Hall–Kier alpha value is -1.42. The van der Waals surface area contributed by atoms with Gasteiger partial charge >= 0.3 is 5.97 Å². The van der Waals surface area contributed by atoms with E-state index < -0.39 is 5.97 Å². The average Bonchev–Trinajstić information content (AvgIpc) is 2.28. The monoisotopic (exact) mass is 222 g/mol. The summed E-state index contributed by atoms with van der Waals surface area (Å²) < 4.78 is 0. The number of pyridine rings is 1. The second-order valence-corrected chi connectivity index (χ2v) is 4.10. The van der Waals surface area contributed by atoms with Gasteiger partial charge in [-0.05, 0) is 26.1 Å². The first-order valence-electron chi connectivity index (χ1n) is 5.35. The topological polar surface area (TPSA) is 53.4 Å². The van der Waals surface area contributed by atoms with E-state index in [4.69, 9.17) is 5.11 Å². The number of hydrogen-bond donors (Lipinski definition) is 1. The van der Waals surface area contributed by atoms with Crippen molar-refractivity contribution in [3.63, 3.8) is 0 Å². The number of carboxylic acids is 1. The predicted octanol–water partition coefficient (Wildman–Crippen LogP) is 1.62. The van der Waals surface area contributed by atoms with Crippen LogP contribution in [0, 0.1) is 5.92 Å². The molecule has 0 saturated carbocycles. The van der Waals surface area contributed by atoms with Crippen LogP contribution in [-0.4, -0.2) is 34.0 Å². The van der Waals surface area contributed by atoms with Crippen LogP contribution in [-0.2, 0) is 11.3 Å². The molecule has 1 aromatic rings. The first kappa shape index (κ1) is 12.6. The molecule has 4 heteroatoms. The number of carboxylic acid groups (broad SMARTS) is 1. The molecule has 2 unspecified atom stereocenters. The van der Waals surface area contributed by atoms with E-state index >= 15 is 0 Å². The Labute approximate surface area is 95.9 Å². The molecule has 0 bridgehead atoms. The van der Waals surface area contributed by atoms with Gasteiger partial charge in [0.1, 0.15) is 0 Å². The highest BCUT2D eigenvalue weighted by Crippen LogP contribution is 2.11. The van der Waals surface area contributed by atoms with Crippen LogP contribution in [0.15, 0.2) is 24.4 Å². The van der Waals surface area contributed by atoms with Crippen LogP contribution in [0.25, 0.3) is 0 Å². The van der Waals surface area contributed by atoms with Crippen LogP contribution in [0.4, 0.5) is 0 Å². The first-order chi connectivity index (χ1) is 7.52. The highest BCUT2D eigenvalue weighted by atomic mass is 16.4. The maximum absolute atomic E-state index is 10.9. The Morgan fingerprint density at radius 1 is 1.50 bits per heavy atom. The fourth-order valence-electron chi connectivity index (χ4n) is 1.48. The van der Waals surface area contributed by atoms with E-state index in [2.05, 4.69) is 4.98 Å². The number of carbonyl (C=O) groups is 1. The SMILES string of the molecule is CC(C(=O)O)C(C)N(C)Cc1ccccn1. The highest BCUT2D eigenvalue weighted by molar-refractivity contribution is 5.70. The normalized spacial score (nSPS) is 14.8. The standard InChI is InChI=1S/C12H18N2O2/c1-9(12(15)16)10(2)14(3)8-11-6-4-5-7-13-11/h4-7,9-10H,8H2,1-3H3,(H,15,16). The number of rotatable bonds is 5. The molecule has 0 saturated heterocycles. The lowest BCUT2D eigenvalue weighted by Crippen LogP contribution is -2.37. The van der Waals surface area contributed by atoms with E-state index in [0.29, 0.717) is 6.54 Å². The zero-order valence-electron chi connectivity index (χ0n) is 9.92.